The maximum atomic E-state index is 2.47. The van der Waals surface area contributed by atoms with E-state index in [1.807, 2.05) is 0 Å². The molecule has 14 aromatic rings. The van der Waals surface area contributed by atoms with Crippen molar-refractivity contribution in [3.63, 3.8) is 0 Å². The predicted molar refractivity (Wildman–Crippen MR) is 318 cm³/mol. The Labute approximate surface area is 437 Å². The fraction of sp³-hybridized carbons (Fsp3) is 0.0833. The minimum atomic E-state index is 0.830. The Morgan fingerprint density at radius 1 is 0.227 bits per heavy atom. The van der Waals surface area contributed by atoms with Crippen LogP contribution in [0.2, 0.25) is 0 Å². The molecule has 0 saturated carbocycles. The van der Waals surface area contributed by atoms with Crippen LogP contribution in [-0.2, 0) is 12.8 Å². The molecule has 0 aliphatic carbocycles. The molecule has 0 radical (unpaired) electrons. The van der Waals surface area contributed by atoms with Crippen LogP contribution in [0.25, 0.3) is 105 Å². The summed E-state index contributed by atoms with van der Waals surface area (Å²) in [6.07, 6.45) is 1.66. The summed E-state index contributed by atoms with van der Waals surface area (Å²) in [5.41, 5.74) is 26.0. The summed E-state index contributed by atoms with van der Waals surface area (Å²) in [6.45, 7) is 8.69. The minimum Gasteiger partial charge on any atom is -0.309 e. The molecule has 14 rings (SSSR count). The standard InChI is InChI=1S/C72H55N3/c1-46-11-7-15-54(35-46)56-26-33-71-65(44-56)62-38-49(4)21-30-68(62)73(71)58-28-22-50(23-29-58)39-52-24-32-70-64(43-52)66-45-57(55-16-8-12-47(2)36-55)27-34-72(66)75(70)60-18-10-14-51(41-60)40-53-25-31-69-63(42-53)61-19-5-6-20-67(61)74(69)59-17-9-13-48(3)37-59/h5-38,41-45H,39-40H2,1-4H3. The minimum absolute atomic E-state index is 0.830. The van der Waals surface area contributed by atoms with Gasteiger partial charge in [0.2, 0.25) is 0 Å². The van der Waals surface area contributed by atoms with Gasteiger partial charge in [-0.15, -0.1) is 0 Å². The summed E-state index contributed by atoms with van der Waals surface area (Å²) in [5.74, 6) is 0. The molecular weight excluding hydrogens is 907 g/mol. The summed E-state index contributed by atoms with van der Waals surface area (Å²) >= 11 is 0. The van der Waals surface area contributed by atoms with E-state index in [-0.39, 0.29) is 0 Å². The van der Waals surface area contributed by atoms with E-state index in [9.17, 15) is 0 Å². The highest BCUT2D eigenvalue weighted by Crippen LogP contribution is 2.39. The first kappa shape index (κ1) is 44.5. The fourth-order valence-electron chi connectivity index (χ4n) is 12.1. The Balaban J connectivity index is 0.819. The SMILES string of the molecule is Cc1cccc(-c2ccc3c(c2)c2cc(C)ccc2n3-c2ccc(Cc3ccc4c(c3)c3cc(-c5cccc(C)c5)ccc3n4-c3cccc(Cc4ccc5c(c4)c4ccccc4n5-c4cccc(C)c4)c3)cc2)c1. The monoisotopic (exact) mass is 961 g/mol. The topological polar surface area (TPSA) is 14.8 Å². The largest absolute Gasteiger partial charge is 0.309 e. The molecule has 11 aromatic carbocycles. The van der Waals surface area contributed by atoms with Crippen molar-refractivity contribution < 1.29 is 0 Å². The first-order valence-electron chi connectivity index (χ1n) is 26.3. The van der Waals surface area contributed by atoms with E-state index in [4.69, 9.17) is 0 Å². The fourth-order valence-corrected chi connectivity index (χ4v) is 12.1. The Bertz CT molecular complexity index is 4570. The first-order chi connectivity index (χ1) is 36.8. The van der Waals surface area contributed by atoms with Crippen LogP contribution in [0.15, 0.2) is 237 Å². The van der Waals surface area contributed by atoms with E-state index in [2.05, 4.69) is 278 Å². The lowest BCUT2D eigenvalue weighted by Gasteiger charge is -2.12. The van der Waals surface area contributed by atoms with Gasteiger partial charge in [-0.1, -0.05) is 150 Å². The summed E-state index contributed by atoms with van der Waals surface area (Å²) in [4.78, 5) is 0. The van der Waals surface area contributed by atoms with Crippen molar-refractivity contribution in [2.45, 2.75) is 40.5 Å². The van der Waals surface area contributed by atoms with Gasteiger partial charge in [0, 0.05) is 49.4 Å². The highest BCUT2D eigenvalue weighted by Gasteiger charge is 2.18. The van der Waals surface area contributed by atoms with E-state index >= 15 is 0 Å². The summed E-state index contributed by atoms with van der Waals surface area (Å²) in [5, 5.41) is 7.64. The van der Waals surface area contributed by atoms with Gasteiger partial charge in [0.25, 0.3) is 0 Å². The second-order valence-corrected chi connectivity index (χ2v) is 21.0. The van der Waals surface area contributed by atoms with Gasteiger partial charge in [0.05, 0.1) is 33.1 Å². The first-order valence-corrected chi connectivity index (χ1v) is 26.3. The van der Waals surface area contributed by atoms with E-state index in [1.54, 1.807) is 0 Å². The van der Waals surface area contributed by atoms with E-state index in [0.29, 0.717) is 0 Å². The van der Waals surface area contributed by atoms with Gasteiger partial charge < -0.3 is 13.7 Å². The molecule has 358 valence electrons. The van der Waals surface area contributed by atoms with E-state index < -0.39 is 0 Å². The molecule has 0 fully saturated rings. The van der Waals surface area contributed by atoms with Crippen molar-refractivity contribution in [3.8, 4) is 39.3 Å². The second-order valence-electron chi connectivity index (χ2n) is 21.0. The van der Waals surface area contributed by atoms with Crippen molar-refractivity contribution in [2.24, 2.45) is 0 Å². The lowest BCUT2D eigenvalue weighted by molar-refractivity contribution is 1.13. The van der Waals surface area contributed by atoms with E-state index in [0.717, 1.165) is 12.8 Å². The van der Waals surface area contributed by atoms with Crippen molar-refractivity contribution in [1.29, 1.82) is 0 Å². The van der Waals surface area contributed by atoms with Gasteiger partial charge in [-0.2, -0.15) is 0 Å². The number of aromatic nitrogens is 3. The smallest absolute Gasteiger partial charge is 0.0541 e. The van der Waals surface area contributed by atoms with Crippen LogP contribution < -0.4 is 0 Å². The number of benzene rings is 11. The molecule has 0 saturated heterocycles. The maximum Gasteiger partial charge on any atom is 0.0541 e. The average Bonchev–Trinajstić information content (AvgIpc) is 4.06. The molecule has 0 aliphatic heterocycles. The van der Waals surface area contributed by atoms with Crippen LogP contribution in [0.4, 0.5) is 0 Å². The van der Waals surface area contributed by atoms with Crippen LogP contribution in [0, 0.1) is 27.7 Å². The Morgan fingerprint density at radius 3 is 1.23 bits per heavy atom. The number of hydrogen-bond donors (Lipinski definition) is 0. The Kier molecular flexibility index (Phi) is 10.6. The zero-order valence-electron chi connectivity index (χ0n) is 42.8. The van der Waals surface area contributed by atoms with Crippen LogP contribution in [0.5, 0.6) is 0 Å². The lowest BCUT2D eigenvalue weighted by atomic mass is 9.99. The molecule has 3 heteroatoms. The third-order valence-corrected chi connectivity index (χ3v) is 15.6. The average molecular weight is 962 g/mol. The lowest BCUT2D eigenvalue weighted by Crippen LogP contribution is -1.97. The number of fused-ring (bicyclic) bond motifs is 9. The number of aryl methyl sites for hydroxylation is 4. The van der Waals surface area contributed by atoms with Gasteiger partial charge in [-0.3, -0.25) is 0 Å². The predicted octanol–water partition coefficient (Wildman–Crippen LogP) is 18.7. The highest BCUT2D eigenvalue weighted by atomic mass is 15.0. The maximum absolute atomic E-state index is 2.47. The summed E-state index contributed by atoms with van der Waals surface area (Å²) < 4.78 is 7.31. The molecule has 3 nitrogen and oxygen atoms in total. The van der Waals surface area contributed by atoms with Crippen molar-refractivity contribution >= 4 is 65.4 Å². The zero-order valence-corrected chi connectivity index (χ0v) is 42.8. The normalized spacial score (nSPS) is 11.8. The Morgan fingerprint density at radius 2 is 0.627 bits per heavy atom. The molecule has 0 atom stereocenters. The van der Waals surface area contributed by atoms with Crippen molar-refractivity contribution in [2.75, 3.05) is 0 Å². The molecule has 0 aliphatic rings. The number of hydrogen-bond acceptors (Lipinski definition) is 0. The van der Waals surface area contributed by atoms with Gasteiger partial charge in [0.15, 0.2) is 0 Å². The molecule has 0 spiro atoms. The van der Waals surface area contributed by atoms with Gasteiger partial charge in [0.1, 0.15) is 0 Å². The molecule has 75 heavy (non-hydrogen) atoms. The number of nitrogens with zero attached hydrogens (tertiary/aromatic N) is 3. The molecule has 0 bridgehead atoms. The third-order valence-electron chi connectivity index (χ3n) is 15.6. The Hall–Kier alpha value is -9.18. The second kappa shape index (κ2) is 17.8. The molecule has 0 N–H and O–H groups in total. The third kappa shape index (κ3) is 7.82. The van der Waals surface area contributed by atoms with Crippen molar-refractivity contribution in [1.82, 2.24) is 13.7 Å². The van der Waals surface area contributed by atoms with Gasteiger partial charge in [-0.05, 0) is 194 Å². The van der Waals surface area contributed by atoms with Gasteiger partial charge in [-0.25, -0.2) is 0 Å². The molecule has 3 aromatic heterocycles. The van der Waals surface area contributed by atoms with Crippen molar-refractivity contribution in [3.05, 3.63) is 281 Å². The molecule has 3 heterocycles. The summed E-state index contributed by atoms with van der Waals surface area (Å²) in [6, 6.07) is 88.7. The van der Waals surface area contributed by atoms with Crippen LogP contribution in [0.1, 0.15) is 44.5 Å². The quantitative estimate of drug-likeness (QED) is 0.137. The molecular formula is C72H55N3. The molecule has 0 unspecified atom stereocenters. The highest BCUT2D eigenvalue weighted by molar-refractivity contribution is 6.12. The van der Waals surface area contributed by atoms with Gasteiger partial charge >= 0.3 is 0 Å². The molecule has 0 amide bonds. The van der Waals surface area contributed by atoms with Crippen LogP contribution in [-0.4, -0.2) is 13.7 Å². The summed E-state index contributed by atoms with van der Waals surface area (Å²) in [7, 11) is 0. The number of rotatable bonds is 9. The van der Waals surface area contributed by atoms with Crippen LogP contribution in [0.3, 0.4) is 0 Å². The van der Waals surface area contributed by atoms with Crippen LogP contribution >= 0.6 is 0 Å². The van der Waals surface area contributed by atoms with E-state index in [1.165, 1.54) is 149 Å². The number of para-hydroxylation sites is 1. The zero-order chi connectivity index (χ0) is 50.3.